The van der Waals surface area contributed by atoms with E-state index in [0.717, 1.165) is 28.9 Å². The summed E-state index contributed by atoms with van der Waals surface area (Å²) in [5.74, 6) is 0.0819. The molecule has 1 amide bonds. The van der Waals surface area contributed by atoms with E-state index < -0.39 is 0 Å². The summed E-state index contributed by atoms with van der Waals surface area (Å²) in [6.07, 6.45) is 3.06. The zero-order chi connectivity index (χ0) is 12.5. The summed E-state index contributed by atoms with van der Waals surface area (Å²) in [4.78, 5) is 18.4. The van der Waals surface area contributed by atoms with E-state index in [1.807, 2.05) is 12.1 Å². The highest BCUT2D eigenvalue weighted by atomic mass is 16.5. The fraction of sp³-hybridized carbons (Fsp3) is 0.231. The van der Waals surface area contributed by atoms with Crippen molar-refractivity contribution in [3.8, 4) is 17.3 Å². The summed E-state index contributed by atoms with van der Waals surface area (Å²) in [6.45, 7) is 0. The van der Waals surface area contributed by atoms with Gasteiger partial charge in [-0.05, 0) is 24.1 Å². The number of fused-ring (bicyclic) bond motifs is 1. The van der Waals surface area contributed by atoms with Gasteiger partial charge in [-0.15, -0.1) is 0 Å². The predicted octanol–water partition coefficient (Wildman–Crippen LogP) is 1.97. The second-order valence-corrected chi connectivity index (χ2v) is 4.23. The maximum absolute atomic E-state index is 11.3. The Hall–Kier alpha value is -2.30. The van der Waals surface area contributed by atoms with Gasteiger partial charge >= 0.3 is 0 Å². The van der Waals surface area contributed by atoms with Crippen molar-refractivity contribution in [3.05, 3.63) is 30.0 Å². The number of rotatable bonds is 2. The monoisotopic (exact) mass is 243 g/mol. The molecular formula is C13H13N3O2. The van der Waals surface area contributed by atoms with Gasteiger partial charge in [0.25, 0.3) is 6.01 Å². The van der Waals surface area contributed by atoms with Crippen LogP contribution in [0.4, 0.5) is 5.69 Å². The van der Waals surface area contributed by atoms with Crippen molar-refractivity contribution in [1.82, 2.24) is 9.97 Å². The Labute approximate surface area is 104 Å². The third-order valence-corrected chi connectivity index (χ3v) is 3.06. The standard InChI is InChI=1S/C13H13N3O2/c1-18-13-14-7-11(16-13)9-2-4-10-8(6-9)3-5-12(17)15-10/h2,4,6-7H,3,5H2,1H3,(H,14,16)(H,15,17). The van der Waals surface area contributed by atoms with E-state index in [9.17, 15) is 4.79 Å². The van der Waals surface area contributed by atoms with Gasteiger partial charge in [-0.1, -0.05) is 6.07 Å². The van der Waals surface area contributed by atoms with Crippen molar-refractivity contribution < 1.29 is 9.53 Å². The molecule has 1 aromatic heterocycles. The number of amides is 1. The molecule has 5 nitrogen and oxygen atoms in total. The number of hydrogen-bond acceptors (Lipinski definition) is 3. The Kier molecular flexibility index (Phi) is 2.51. The second-order valence-electron chi connectivity index (χ2n) is 4.23. The van der Waals surface area contributed by atoms with Gasteiger partial charge in [0.1, 0.15) is 0 Å². The number of nitrogens with zero attached hydrogens (tertiary/aromatic N) is 1. The third kappa shape index (κ3) is 1.84. The van der Waals surface area contributed by atoms with E-state index in [1.165, 1.54) is 0 Å². The van der Waals surface area contributed by atoms with E-state index in [-0.39, 0.29) is 5.91 Å². The number of hydrogen-bond donors (Lipinski definition) is 2. The predicted molar refractivity (Wildman–Crippen MR) is 67.5 cm³/mol. The number of aromatic amines is 1. The number of carbonyl (C=O) groups is 1. The molecule has 5 heteroatoms. The molecule has 1 aromatic carbocycles. The van der Waals surface area contributed by atoms with Gasteiger partial charge in [-0.3, -0.25) is 4.79 Å². The molecule has 0 unspecified atom stereocenters. The summed E-state index contributed by atoms with van der Waals surface area (Å²) in [5, 5.41) is 2.87. The number of ether oxygens (including phenoxy) is 1. The van der Waals surface area contributed by atoms with Crippen LogP contribution in [0.15, 0.2) is 24.4 Å². The number of aromatic nitrogens is 2. The van der Waals surface area contributed by atoms with Crippen molar-refractivity contribution in [2.75, 3.05) is 12.4 Å². The Morgan fingerprint density at radius 1 is 1.33 bits per heavy atom. The Morgan fingerprint density at radius 3 is 3.00 bits per heavy atom. The Bertz CT molecular complexity index is 604. The first kappa shape index (κ1) is 10.8. The van der Waals surface area contributed by atoms with Crippen LogP contribution in [-0.2, 0) is 11.2 Å². The lowest BCUT2D eigenvalue weighted by molar-refractivity contribution is -0.116. The number of nitrogens with one attached hydrogen (secondary N) is 2. The zero-order valence-corrected chi connectivity index (χ0v) is 9.99. The van der Waals surface area contributed by atoms with E-state index in [4.69, 9.17) is 4.74 Å². The number of methoxy groups -OCH3 is 1. The highest BCUT2D eigenvalue weighted by Crippen LogP contribution is 2.28. The lowest BCUT2D eigenvalue weighted by atomic mass is 9.99. The number of H-pyrrole nitrogens is 1. The minimum Gasteiger partial charge on any atom is -0.468 e. The zero-order valence-electron chi connectivity index (χ0n) is 9.99. The molecule has 2 aromatic rings. The van der Waals surface area contributed by atoms with Crippen LogP contribution in [0.2, 0.25) is 0 Å². The van der Waals surface area contributed by atoms with Crippen molar-refractivity contribution in [2.45, 2.75) is 12.8 Å². The van der Waals surface area contributed by atoms with Crippen LogP contribution in [0, 0.1) is 0 Å². The van der Waals surface area contributed by atoms with E-state index in [1.54, 1.807) is 13.3 Å². The number of benzene rings is 1. The molecule has 18 heavy (non-hydrogen) atoms. The number of imidazole rings is 1. The molecule has 0 spiro atoms. The van der Waals surface area contributed by atoms with Gasteiger partial charge in [0.15, 0.2) is 0 Å². The smallest absolute Gasteiger partial charge is 0.293 e. The largest absolute Gasteiger partial charge is 0.468 e. The lowest BCUT2D eigenvalue weighted by Gasteiger charge is -2.17. The van der Waals surface area contributed by atoms with Crippen LogP contribution in [-0.4, -0.2) is 23.0 Å². The molecule has 0 fully saturated rings. The van der Waals surface area contributed by atoms with Crippen LogP contribution >= 0.6 is 0 Å². The summed E-state index contributed by atoms with van der Waals surface area (Å²) in [7, 11) is 1.57. The maximum Gasteiger partial charge on any atom is 0.293 e. The molecule has 0 saturated heterocycles. The van der Waals surface area contributed by atoms with Gasteiger partial charge in [0.05, 0.1) is 19.0 Å². The first-order chi connectivity index (χ1) is 8.76. The van der Waals surface area contributed by atoms with Crippen molar-refractivity contribution in [1.29, 1.82) is 0 Å². The normalized spacial score (nSPS) is 13.9. The molecule has 1 aliphatic heterocycles. The van der Waals surface area contributed by atoms with Crippen LogP contribution in [0.3, 0.4) is 0 Å². The fourth-order valence-corrected chi connectivity index (χ4v) is 2.10. The number of carbonyl (C=O) groups excluding carboxylic acids is 1. The SMILES string of the molecule is COc1ncc(-c2ccc3c(c2)CCC(=O)N3)[nH]1. The van der Waals surface area contributed by atoms with Crippen molar-refractivity contribution in [3.63, 3.8) is 0 Å². The molecule has 2 N–H and O–H groups in total. The number of anilines is 1. The molecule has 3 rings (SSSR count). The van der Waals surface area contributed by atoms with Gasteiger partial charge < -0.3 is 15.0 Å². The Balaban J connectivity index is 1.97. The first-order valence-corrected chi connectivity index (χ1v) is 5.78. The maximum atomic E-state index is 11.3. The molecule has 0 radical (unpaired) electrons. The molecule has 0 aliphatic carbocycles. The average molecular weight is 243 g/mol. The summed E-state index contributed by atoms with van der Waals surface area (Å²) < 4.78 is 5.02. The quantitative estimate of drug-likeness (QED) is 0.847. The molecule has 92 valence electrons. The first-order valence-electron chi connectivity index (χ1n) is 5.78. The van der Waals surface area contributed by atoms with E-state index in [0.29, 0.717) is 12.4 Å². The summed E-state index contributed by atoms with van der Waals surface area (Å²) >= 11 is 0. The summed E-state index contributed by atoms with van der Waals surface area (Å²) in [5.41, 5.74) is 4.01. The number of aryl methyl sites for hydroxylation is 1. The van der Waals surface area contributed by atoms with Crippen LogP contribution < -0.4 is 10.1 Å². The van der Waals surface area contributed by atoms with Gasteiger partial charge in [0, 0.05) is 17.7 Å². The van der Waals surface area contributed by atoms with Gasteiger partial charge in [-0.25, -0.2) is 4.98 Å². The Morgan fingerprint density at radius 2 is 2.22 bits per heavy atom. The fourth-order valence-electron chi connectivity index (χ4n) is 2.10. The third-order valence-electron chi connectivity index (χ3n) is 3.06. The molecule has 0 atom stereocenters. The molecule has 2 heterocycles. The van der Waals surface area contributed by atoms with E-state index >= 15 is 0 Å². The minimum atomic E-state index is 0.0819. The summed E-state index contributed by atoms with van der Waals surface area (Å²) in [6, 6.07) is 6.45. The highest BCUT2D eigenvalue weighted by Gasteiger charge is 2.15. The highest BCUT2D eigenvalue weighted by molar-refractivity contribution is 5.94. The second kappa shape index (κ2) is 4.18. The van der Waals surface area contributed by atoms with Crippen molar-refractivity contribution in [2.24, 2.45) is 0 Å². The minimum absolute atomic E-state index is 0.0819. The molecule has 1 aliphatic rings. The van der Waals surface area contributed by atoms with Crippen LogP contribution in [0.5, 0.6) is 6.01 Å². The molecule has 0 saturated carbocycles. The van der Waals surface area contributed by atoms with Gasteiger partial charge in [0.2, 0.25) is 5.91 Å². The van der Waals surface area contributed by atoms with E-state index in [2.05, 4.69) is 21.4 Å². The van der Waals surface area contributed by atoms with Crippen molar-refractivity contribution >= 4 is 11.6 Å². The molecule has 0 bridgehead atoms. The van der Waals surface area contributed by atoms with Crippen LogP contribution in [0.1, 0.15) is 12.0 Å². The topological polar surface area (TPSA) is 67.0 Å². The molecular weight excluding hydrogens is 230 g/mol. The average Bonchev–Trinajstić information content (AvgIpc) is 2.87. The van der Waals surface area contributed by atoms with Gasteiger partial charge in [-0.2, -0.15) is 0 Å². The van der Waals surface area contributed by atoms with Crippen LogP contribution in [0.25, 0.3) is 11.3 Å². The lowest BCUT2D eigenvalue weighted by Crippen LogP contribution is -2.18.